The van der Waals surface area contributed by atoms with Gasteiger partial charge in [-0.2, -0.15) is 0 Å². The molecule has 0 aliphatic rings. The SMILES string of the molecule is CCC(CC)CN(CC)c1ccccc1[C@H](C)O. The first-order valence-corrected chi connectivity index (χ1v) is 7.15. The lowest BCUT2D eigenvalue weighted by Crippen LogP contribution is -2.30. The third-order valence-corrected chi connectivity index (χ3v) is 3.74. The van der Waals surface area contributed by atoms with Crippen molar-refractivity contribution in [2.24, 2.45) is 5.92 Å². The van der Waals surface area contributed by atoms with E-state index < -0.39 is 6.10 Å². The van der Waals surface area contributed by atoms with Crippen LogP contribution in [0.3, 0.4) is 0 Å². The first kappa shape index (κ1) is 15.0. The Hall–Kier alpha value is -1.02. The molecule has 1 aromatic rings. The molecule has 1 rings (SSSR count). The topological polar surface area (TPSA) is 23.5 Å². The summed E-state index contributed by atoms with van der Waals surface area (Å²) in [5, 5.41) is 9.87. The van der Waals surface area contributed by atoms with Gasteiger partial charge in [0.2, 0.25) is 0 Å². The molecule has 1 aromatic carbocycles. The number of hydrogen-bond acceptors (Lipinski definition) is 2. The molecule has 102 valence electrons. The zero-order valence-electron chi connectivity index (χ0n) is 12.2. The number of aliphatic hydroxyl groups excluding tert-OH is 1. The predicted octanol–water partition coefficient (Wildman–Crippen LogP) is 4.00. The van der Waals surface area contributed by atoms with Crippen LogP contribution in [0.2, 0.25) is 0 Å². The van der Waals surface area contributed by atoms with E-state index in [0.717, 1.165) is 24.6 Å². The van der Waals surface area contributed by atoms with Crippen molar-refractivity contribution in [3.8, 4) is 0 Å². The van der Waals surface area contributed by atoms with Gasteiger partial charge in [0.25, 0.3) is 0 Å². The van der Waals surface area contributed by atoms with Crippen LogP contribution < -0.4 is 4.90 Å². The van der Waals surface area contributed by atoms with E-state index in [0.29, 0.717) is 0 Å². The second-order valence-corrected chi connectivity index (χ2v) is 4.96. The molecule has 0 spiro atoms. The van der Waals surface area contributed by atoms with E-state index in [1.54, 1.807) is 0 Å². The summed E-state index contributed by atoms with van der Waals surface area (Å²) >= 11 is 0. The van der Waals surface area contributed by atoms with Crippen LogP contribution >= 0.6 is 0 Å². The van der Waals surface area contributed by atoms with E-state index in [-0.39, 0.29) is 0 Å². The Morgan fingerprint density at radius 2 is 1.72 bits per heavy atom. The zero-order chi connectivity index (χ0) is 13.5. The molecule has 0 aliphatic heterocycles. The molecule has 2 heteroatoms. The van der Waals surface area contributed by atoms with E-state index in [9.17, 15) is 5.11 Å². The van der Waals surface area contributed by atoms with Crippen LogP contribution in [0.15, 0.2) is 24.3 Å². The highest BCUT2D eigenvalue weighted by molar-refractivity contribution is 5.54. The summed E-state index contributed by atoms with van der Waals surface area (Å²) in [6.07, 6.45) is 2.02. The second-order valence-electron chi connectivity index (χ2n) is 4.96. The maximum Gasteiger partial charge on any atom is 0.0781 e. The molecule has 0 saturated heterocycles. The molecular formula is C16H27NO. The van der Waals surface area contributed by atoms with E-state index in [4.69, 9.17) is 0 Å². The van der Waals surface area contributed by atoms with Crippen LogP contribution in [0.1, 0.15) is 52.2 Å². The van der Waals surface area contributed by atoms with Crippen LogP contribution in [0.25, 0.3) is 0 Å². The molecule has 1 N–H and O–H groups in total. The molecule has 0 amide bonds. The fourth-order valence-electron chi connectivity index (χ4n) is 2.39. The number of benzene rings is 1. The number of anilines is 1. The van der Waals surface area contributed by atoms with Crippen LogP contribution in [0.4, 0.5) is 5.69 Å². The molecule has 0 saturated carbocycles. The third kappa shape index (κ3) is 3.74. The molecule has 0 unspecified atom stereocenters. The smallest absolute Gasteiger partial charge is 0.0781 e. The minimum Gasteiger partial charge on any atom is -0.389 e. The van der Waals surface area contributed by atoms with Crippen molar-refractivity contribution in [3.05, 3.63) is 29.8 Å². The standard InChI is InChI=1S/C16H27NO/c1-5-14(6-2)12-17(7-3)16-11-9-8-10-15(16)13(4)18/h8-11,13-14,18H,5-7,12H2,1-4H3/t13-/m0/s1. The van der Waals surface area contributed by atoms with Crippen molar-refractivity contribution in [1.29, 1.82) is 0 Å². The summed E-state index contributed by atoms with van der Waals surface area (Å²) in [4.78, 5) is 2.39. The summed E-state index contributed by atoms with van der Waals surface area (Å²) in [5.74, 6) is 0.729. The summed E-state index contributed by atoms with van der Waals surface area (Å²) in [6.45, 7) is 10.6. The van der Waals surface area contributed by atoms with Gasteiger partial charge in [-0.05, 0) is 25.8 Å². The lowest BCUT2D eigenvalue weighted by molar-refractivity contribution is 0.199. The Balaban J connectivity index is 2.94. The number of hydrogen-bond donors (Lipinski definition) is 1. The second kappa shape index (κ2) is 7.42. The van der Waals surface area contributed by atoms with Gasteiger partial charge in [-0.25, -0.2) is 0 Å². The van der Waals surface area contributed by atoms with E-state index in [1.165, 1.54) is 18.5 Å². The van der Waals surface area contributed by atoms with Crippen molar-refractivity contribution in [1.82, 2.24) is 0 Å². The highest BCUT2D eigenvalue weighted by Gasteiger charge is 2.15. The molecule has 0 fully saturated rings. The van der Waals surface area contributed by atoms with Gasteiger partial charge >= 0.3 is 0 Å². The number of para-hydroxylation sites is 1. The Labute approximate surface area is 112 Å². The van der Waals surface area contributed by atoms with E-state index >= 15 is 0 Å². The normalized spacial score (nSPS) is 12.8. The Bertz CT molecular complexity index is 345. The Morgan fingerprint density at radius 1 is 1.11 bits per heavy atom. The van der Waals surface area contributed by atoms with Crippen molar-refractivity contribution >= 4 is 5.69 Å². The lowest BCUT2D eigenvalue weighted by atomic mass is 10.0. The van der Waals surface area contributed by atoms with E-state index in [1.807, 2.05) is 19.1 Å². The zero-order valence-corrected chi connectivity index (χ0v) is 12.2. The van der Waals surface area contributed by atoms with Gasteiger partial charge < -0.3 is 10.0 Å². The van der Waals surface area contributed by atoms with Gasteiger partial charge in [-0.15, -0.1) is 0 Å². The van der Waals surface area contributed by atoms with Crippen LogP contribution in [-0.4, -0.2) is 18.2 Å². The minimum absolute atomic E-state index is 0.406. The lowest BCUT2D eigenvalue weighted by Gasteiger charge is -2.30. The number of rotatable bonds is 7. The molecular weight excluding hydrogens is 222 g/mol. The van der Waals surface area contributed by atoms with Crippen molar-refractivity contribution in [2.45, 2.75) is 46.6 Å². The van der Waals surface area contributed by atoms with Gasteiger partial charge in [0.05, 0.1) is 6.10 Å². The Kier molecular flexibility index (Phi) is 6.20. The van der Waals surface area contributed by atoms with Gasteiger partial charge in [-0.1, -0.05) is 44.9 Å². The summed E-state index contributed by atoms with van der Waals surface area (Å²) < 4.78 is 0. The van der Waals surface area contributed by atoms with Gasteiger partial charge in [0.1, 0.15) is 0 Å². The first-order valence-electron chi connectivity index (χ1n) is 7.15. The molecule has 0 bridgehead atoms. The highest BCUT2D eigenvalue weighted by Crippen LogP contribution is 2.27. The summed E-state index contributed by atoms with van der Waals surface area (Å²) in [7, 11) is 0. The van der Waals surface area contributed by atoms with Crippen LogP contribution in [-0.2, 0) is 0 Å². The number of nitrogens with zero attached hydrogens (tertiary/aromatic N) is 1. The van der Waals surface area contributed by atoms with Crippen LogP contribution in [0.5, 0.6) is 0 Å². The molecule has 18 heavy (non-hydrogen) atoms. The van der Waals surface area contributed by atoms with Crippen molar-refractivity contribution in [2.75, 3.05) is 18.0 Å². The molecule has 0 radical (unpaired) electrons. The predicted molar refractivity (Wildman–Crippen MR) is 79.0 cm³/mol. The maximum atomic E-state index is 9.87. The summed E-state index contributed by atoms with van der Waals surface area (Å²) in [6, 6.07) is 8.19. The Morgan fingerprint density at radius 3 is 2.22 bits per heavy atom. The van der Waals surface area contributed by atoms with Crippen molar-refractivity contribution < 1.29 is 5.11 Å². The quantitative estimate of drug-likeness (QED) is 0.789. The minimum atomic E-state index is -0.406. The molecule has 2 nitrogen and oxygen atoms in total. The summed E-state index contributed by atoms with van der Waals surface area (Å²) in [5.41, 5.74) is 2.22. The fourth-order valence-corrected chi connectivity index (χ4v) is 2.39. The molecule has 1 atom stereocenters. The third-order valence-electron chi connectivity index (χ3n) is 3.74. The average Bonchev–Trinajstić information content (AvgIpc) is 2.40. The van der Waals surface area contributed by atoms with Crippen molar-refractivity contribution in [3.63, 3.8) is 0 Å². The number of aliphatic hydroxyl groups is 1. The van der Waals surface area contributed by atoms with Gasteiger partial charge in [0.15, 0.2) is 0 Å². The highest BCUT2D eigenvalue weighted by atomic mass is 16.3. The monoisotopic (exact) mass is 249 g/mol. The molecule has 0 heterocycles. The average molecular weight is 249 g/mol. The molecule has 0 aliphatic carbocycles. The van der Waals surface area contributed by atoms with Gasteiger partial charge in [-0.3, -0.25) is 0 Å². The van der Waals surface area contributed by atoms with Crippen LogP contribution in [0, 0.1) is 5.92 Å². The van der Waals surface area contributed by atoms with Gasteiger partial charge in [0, 0.05) is 24.3 Å². The van der Waals surface area contributed by atoms with E-state index in [2.05, 4.69) is 37.8 Å². The largest absolute Gasteiger partial charge is 0.389 e. The fraction of sp³-hybridized carbons (Fsp3) is 0.625. The molecule has 0 aromatic heterocycles. The first-order chi connectivity index (χ1) is 8.63. The maximum absolute atomic E-state index is 9.87.